The quantitative estimate of drug-likeness (QED) is 0.812. The number of nitrogens with zero attached hydrogens (tertiary/aromatic N) is 2. The molecule has 0 spiro atoms. The predicted octanol–water partition coefficient (Wildman–Crippen LogP) is 0.216. The normalized spacial score (nSPS) is 14.8. The Labute approximate surface area is 110 Å². The molecule has 102 valence electrons. The highest BCUT2D eigenvalue weighted by Gasteiger charge is 2.18. The van der Waals surface area contributed by atoms with Crippen molar-refractivity contribution >= 4 is 17.5 Å². The molecule has 2 amide bonds. The molecular weight excluding hydrogens is 248 g/mol. The van der Waals surface area contributed by atoms with Gasteiger partial charge in [-0.2, -0.15) is 5.10 Å². The summed E-state index contributed by atoms with van der Waals surface area (Å²) in [6, 6.07) is 0. The van der Waals surface area contributed by atoms with Gasteiger partial charge in [-0.1, -0.05) is 0 Å². The van der Waals surface area contributed by atoms with Gasteiger partial charge < -0.3 is 9.73 Å². The highest BCUT2D eigenvalue weighted by molar-refractivity contribution is 6.39. The second-order valence-electron chi connectivity index (χ2n) is 4.34. The minimum Gasteiger partial charge on any atom is -0.446 e. The molecule has 0 bridgehead atoms. The maximum atomic E-state index is 11.7. The van der Waals surface area contributed by atoms with E-state index >= 15 is 0 Å². The number of aromatic nitrogens is 1. The van der Waals surface area contributed by atoms with Crippen molar-refractivity contribution in [2.75, 3.05) is 6.54 Å². The largest absolute Gasteiger partial charge is 0.446 e. The number of oxazole rings is 1. The van der Waals surface area contributed by atoms with Gasteiger partial charge in [-0.25, -0.2) is 10.4 Å². The summed E-state index contributed by atoms with van der Waals surface area (Å²) in [6.45, 7) is 4.10. The summed E-state index contributed by atoms with van der Waals surface area (Å²) in [5.41, 5.74) is 3.49. The monoisotopic (exact) mass is 264 g/mol. The number of carbonyl (C=O) groups is 2. The van der Waals surface area contributed by atoms with Crippen molar-refractivity contribution in [3.05, 3.63) is 17.3 Å². The van der Waals surface area contributed by atoms with Crippen molar-refractivity contribution in [1.29, 1.82) is 0 Å². The summed E-state index contributed by atoms with van der Waals surface area (Å²) < 4.78 is 5.41. The third kappa shape index (κ3) is 3.40. The summed E-state index contributed by atoms with van der Waals surface area (Å²) >= 11 is 0. The number of hydrogen-bond donors (Lipinski definition) is 2. The second-order valence-corrected chi connectivity index (χ2v) is 4.34. The summed E-state index contributed by atoms with van der Waals surface area (Å²) in [4.78, 5) is 26.8. The van der Waals surface area contributed by atoms with Crippen molar-refractivity contribution in [3.8, 4) is 0 Å². The van der Waals surface area contributed by atoms with Crippen LogP contribution >= 0.6 is 0 Å². The fourth-order valence-corrected chi connectivity index (χ4v) is 1.83. The molecule has 2 rings (SSSR count). The van der Waals surface area contributed by atoms with Gasteiger partial charge in [0, 0.05) is 32.7 Å². The molecule has 1 aliphatic heterocycles. The lowest BCUT2D eigenvalue weighted by Crippen LogP contribution is -2.37. The van der Waals surface area contributed by atoms with E-state index in [4.69, 9.17) is 4.42 Å². The molecule has 1 aliphatic rings. The molecule has 0 fully saturated rings. The Hall–Kier alpha value is -2.18. The van der Waals surface area contributed by atoms with E-state index < -0.39 is 0 Å². The SMILES string of the molecule is Cc1nc(C)c(CCNC(=O)C2=NNC(=O)CC2)o1. The average Bonchev–Trinajstić information content (AvgIpc) is 2.68. The van der Waals surface area contributed by atoms with Gasteiger partial charge in [0.25, 0.3) is 5.91 Å². The minimum absolute atomic E-state index is 0.163. The Kier molecular flexibility index (Phi) is 3.94. The Morgan fingerprint density at radius 2 is 2.21 bits per heavy atom. The van der Waals surface area contributed by atoms with Crippen molar-refractivity contribution in [2.24, 2.45) is 5.10 Å². The van der Waals surface area contributed by atoms with Crippen LogP contribution in [0.25, 0.3) is 0 Å². The molecule has 0 atom stereocenters. The van der Waals surface area contributed by atoms with Gasteiger partial charge >= 0.3 is 0 Å². The van der Waals surface area contributed by atoms with E-state index in [2.05, 4.69) is 20.8 Å². The number of rotatable bonds is 4. The number of hydrazone groups is 1. The lowest BCUT2D eigenvalue weighted by atomic mass is 10.1. The number of aryl methyl sites for hydroxylation is 2. The molecular formula is C12H16N4O3. The van der Waals surface area contributed by atoms with Crippen molar-refractivity contribution in [3.63, 3.8) is 0 Å². The third-order valence-corrected chi connectivity index (χ3v) is 2.80. The number of nitrogens with one attached hydrogen (secondary N) is 2. The van der Waals surface area contributed by atoms with Crippen LogP contribution in [0.2, 0.25) is 0 Å². The molecule has 1 aromatic rings. The predicted molar refractivity (Wildman–Crippen MR) is 67.5 cm³/mol. The van der Waals surface area contributed by atoms with Crippen molar-refractivity contribution < 1.29 is 14.0 Å². The fourth-order valence-electron chi connectivity index (χ4n) is 1.83. The molecule has 7 nitrogen and oxygen atoms in total. The Bertz CT molecular complexity index is 533. The topological polar surface area (TPSA) is 96.6 Å². The smallest absolute Gasteiger partial charge is 0.267 e. The third-order valence-electron chi connectivity index (χ3n) is 2.80. The first-order valence-electron chi connectivity index (χ1n) is 6.13. The maximum absolute atomic E-state index is 11.7. The molecule has 0 aliphatic carbocycles. The Balaban J connectivity index is 1.81. The average molecular weight is 264 g/mol. The van der Waals surface area contributed by atoms with Crippen LogP contribution in [-0.2, 0) is 16.0 Å². The molecule has 0 unspecified atom stereocenters. The zero-order valence-corrected chi connectivity index (χ0v) is 10.9. The van der Waals surface area contributed by atoms with Crippen LogP contribution in [-0.4, -0.2) is 29.1 Å². The van der Waals surface area contributed by atoms with Gasteiger partial charge in [0.2, 0.25) is 5.91 Å². The van der Waals surface area contributed by atoms with Gasteiger partial charge in [-0.15, -0.1) is 0 Å². The molecule has 2 heterocycles. The first kappa shape index (κ1) is 13.3. The van der Waals surface area contributed by atoms with Crippen LogP contribution < -0.4 is 10.7 Å². The van der Waals surface area contributed by atoms with E-state index in [1.165, 1.54) is 0 Å². The maximum Gasteiger partial charge on any atom is 0.267 e. The molecule has 7 heteroatoms. The van der Waals surface area contributed by atoms with E-state index in [-0.39, 0.29) is 11.8 Å². The molecule has 0 saturated heterocycles. The van der Waals surface area contributed by atoms with Crippen LogP contribution in [0.1, 0.15) is 30.2 Å². The molecule has 0 radical (unpaired) electrons. The fraction of sp³-hybridized carbons (Fsp3) is 0.500. The standard InChI is InChI=1S/C12H16N4O3/c1-7-10(19-8(2)14-7)5-6-13-12(18)9-3-4-11(17)16-15-9/h3-6H2,1-2H3,(H,13,18)(H,16,17). The van der Waals surface area contributed by atoms with Gasteiger partial charge in [0.15, 0.2) is 5.89 Å². The highest BCUT2D eigenvalue weighted by atomic mass is 16.4. The minimum atomic E-state index is -0.256. The van der Waals surface area contributed by atoms with Crippen molar-refractivity contribution in [1.82, 2.24) is 15.7 Å². The van der Waals surface area contributed by atoms with Gasteiger partial charge in [0.1, 0.15) is 11.5 Å². The zero-order chi connectivity index (χ0) is 13.8. The van der Waals surface area contributed by atoms with Crippen LogP contribution in [0.15, 0.2) is 9.52 Å². The summed E-state index contributed by atoms with van der Waals surface area (Å²) in [5.74, 6) is 0.980. The van der Waals surface area contributed by atoms with E-state index in [0.717, 1.165) is 11.5 Å². The van der Waals surface area contributed by atoms with Crippen molar-refractivity contribution in [2.45, 2.75) is 33.1 Å². The van der Waals surface area contributed by atoms with Gasteiger partial charge in [-0.3, -0.25) is 9.59 Å². The molecule has 2 N–H and O–H groups in total. The molecule has 0 aromatic carbocycles. The van der Waals surface area contributed by atoms with Crippen LogP contribution in [0, 0.1) is 13.8 Å². The molecule has 0 saturated carbocycles. The molecule has 1 aromatic heterocycles. The van der Waals surface area contributed by atoms with Crippen LogP contribution in [0.4, 0.5) is 0 Å². The number of amides is 2. The van der Waals surface area contributed by atoms with Crippen LogP contribution in [0.5, 0.6) is 0 Å². The van der Waals surface area contributed by atoms with Crippen LogP contribution in [0.3, 0.4) is 0 Å². The van der Waals surface area contributed by atoms with E-state index in [1.807, 2.05) is 6.92 Å². The number of hydrogen-bond acceptors (Lipinski definition) is 5. The van der Waals surface area contributed by atoms with E-state index in [1.54, 1.807) is 6.92 Å². The Morgan fingerprint density at radius 1 is 1.42 bits per heavy atom. The highest BCUT2D eigenvalue weighted by Crippen LogP contribution is 2.09. The Morgan fingerprint density at radius 3 is 2.79 bits per heavy atom. The summed E-state index contributed by atoms with van der Waals surface area (Å²) in [5, 5.41) is 6.47. The van der Waals surface area contributed by atoms with Gasteiger partial charge in [0.05, 0.1) is 5.69 Å². The number of carbonyl (C=O) groups excluding carboxylic acids is 2. The summed E-state index contributed by atoms with van der Waals surface area (Å²) in [6.07, 6.45) is 1.25. The summed E-state index contributed by atoms with van der Waals surface area (Å²) in [7, 11) is 0. The van der Waals surface area contributed by atoms with Gasteiger partial charge in [-0.05, 0) is 6.92 Å². The molecule has 19 heavy (non-hydrogen) atoms. The first-order chi connectivity index (χ1) is 9.06. The van der Waals surface area contributed by atoms with E-state index in [9.17, 15) is 9.59 Å². The lowest BCUT2D eigenvalue weighted by Gasteiger charge is -2.11. The first-order valence-corrected chi connectivity index (χ1v) is 6.13. The second kappa shape index (κ2) is 5.64. The van der Waals surface area contributed by atoms with E-state index in [0.29, 0.717) is 37.4 Å². The zero-order valence-electron chi connectivity index (χ0n) is 10.9. The lowest BCUT2D eigenvalue weighted by molar-refractivity contribution is -0.121.